The maximum atomic E-state index is 10.5. The molecule has 13 heavy (non-hydrogen) atoms. The third-order valence-corrected chi connectivity index (χ3v) is 2.59. The molecule has 1 atom stereocenters. The topological polar surface area (TPSA) is 20.3 Å². The Morgan fingerprint density at radius 1 is 1.23 bits per heavy atom. The number of carbonyl (C=O) groups excluding carboxylic acids is 1. The molecular weight excluding hydrogens is 162 g/mol. The summed E-state index contributed by atoms with van der Waals surface area (Å²) in [6.45, 7) is 8.62. The SMILES string of the molecule is CCCCC(CC=O)N(CC)CC. The first-order chi connectivity index (χ1) is 6.29. The fourth-order valence-corrected chi connectivity index (χ4v) is 1.74. The summed E-state index contributed by atoms with van der Waals surface area (Å²) in [5.41, 5.74) is 0. The highest BCUT2D eigenvalue weighted by Gasteiger charge is 2.13. The van der Waals surface area contributed by atoms with Crippen molar-refractivity contribution < 1.29 is 4.79 Å². The van der Waals surface area contributed by atoms with Crippen LogP contribution in [0.25, 0.3) is 0 Å². The molecule has 0 spiro atoms. The van der Waals surface area contributed by atoms with Crippen molar-refractivity contribution in [3.63, 3.8) is 0 Å². The molecule has 0 radical (unpaired) electrons. The van der Waals surface area contributed by atoms with Gasteiger partial charge in [0.2, 0.25) is 0 Å². The van der Waals surface area contributed by atoms with Crippen LogP contribution in [0.4, 0.5) is 0 Å². The Bertz CT molecular complexity index is 121. The molecule has 78 valence electrons. The van der Waals surface area contributed by atoms with E-state index < -0.39 is 0 Å². The van der Waals surface area contributed by atoms with Crippen LogP contribution in [0.1, 0.15) is 46.5 Å². The first-order valence-electron chi connectivity index (χ1n) is 5.47. The van der Waals surface area contributed by atoms with E-state index in [1.165, 1.54) is 12.8 Å². The van der Waals surface area contributed by atoms with Gasteiger partial charge in [-0.15, -0.1) is 0 Å². The molecule has 0 aliphatic carbocycles. The van der Waals surface area contributed by atoms with E-state index in [1.54, 1.807) is 0 Å². The van der Waals surface area contributed by atoms with Crippen LogP contribution < -0.4 is 0 Å². The zero-order valence-corrected chi connectivity index (χ0v) is 9.25. The molecule has 0 rings (SSSR count). The average molecular weight is 185 g/mol. The van der Waals surface area contributed by atoms with Gasteiger partial charge in [0.25, 0.3) is 0 Å². The Morgan fingerprint density at radius 3 is 2.23 bits per heavy atom. The molecule has 0 aromatic heterocycles. The molecule has 0 aromatic rings. The lowest BCUT2D eigenvalue weighted by Crippen LogP contribution is -2.35. The van der Waals surface area contributed by atoms with E-state index in [9.17, 15) is 4.79 Å². The third-order valence-electron chi connectivity index (χ3n) is 2.59. The van der Waals surface area contributed by atoms with E-state index in [-0.39, 0.29) is 0 Å². The normalized spacial score (nSPS) is 13.2. The lowest BCUT2D eigenvalue weighted by Gasteiger charge is -2.28. The maximum Gasteiger partial charge on any atom is 0.121 e. The minimum absolute atomic E-state index is 0.479. The van der Waals surface area contributed by atoms with Crippen LogP contribution >= 0.6 is 0 Å². The second-order valence-electron chi connectivity index (χ2n) is 3.42. The number of carbonyl (C=O) groups is 1. The van der Waals surface area contributed by atoms with Gasteiger partial charge in [0.15, 0.2) is 0 Å². The smallest absolute Gasteiger partial charge is 0.121 e. The number of unbranched alkanes of at least 4 members (excludes halogenated alkanes) is 1. The highest BCUT2D eigenvalue weighted by Crippen LogP contribution is 2.10. The van der Waals surface area contributed by atoms with Gasteiger partial charge in [-0.05, 0) is 19.5 Å². The van der Waals surface area contributed by atoms with E-state index in [1.807, 2.05) is 0 Å². The van der Waals surface area contributed by atoms with E-state index in [4.69, 9.17) is 0 Å². The largest absolute Gasteiger partial charge is 0.303 e. The third kappa shape index (κ3) is 5.04. The summed E-state index contributed by atoms with van der Waals surface area (Å²) in [5.74, 6) is 0. The number of rotatable bonds is 8. The predicted octanol–water partition coefficient (Wildman–Crippen LogP) is 2.48. The lowest BCUT2D eigenvalue weighted by atomic mass is 10.1. The fourth-order valence-electron chi connectivity index (χ4n) is 1.74. The minimum atomic E-state index is 0.479. The summed E-state index contributed by atoms with van der Waals surface area (Å²) in [7, 11) is 0. The highest BCUT2D eigenvalue weighted by atomic mass is 16.1. The summed E-state index contributed by atoms with van der Waals surface area (Å²) in [6, 6.07) is 0.479. The van der Waals surface area contributed by atoms with Crippen molar-refractivity contribution >= 4 is 6.29 Å². The Kier molecular flexibility index (Phi) is 8.00. The molecule has 0 heterocycles. The molecule has 0 saturated heterocycles. The molecule has 0 aliphatic rings. The van der Waals surface area contributed by atoms with Crippen molar-refractivity contribution in [2.45, 2.75) is 52.5 Å². The van der Waals surface area contributed by atoms with Crippen molar-refractivity contribution in [2.75, 3.05) is 13.1 Å². The van der Waals surface area contributed by atoms with Gasteiger partial charge in [-0.3, -0.25) is 0 Å². The van der Waals surface area contributed by atoms with Crippen molar-refractivity contribution in [2.24, 2.45) is 0 Å². The second kappa shape index (κ2) is 8.24. The molecule has 1 unspecified atom stereocenters. The minimum Gasteiger partial charge on any atom is -0.303 e. The van der Waals surface area contributed by atoms with Crippen LogP contribution in [0.15, 0.2) is 0 Å². The molecule has 0 N–H and O–H groups in total. The van der Waals surface area contributed by atoms with Crippen LogP contribution in [0, 0.1) is 0 Å². The van der Waals surface area contributed by atoms with Gasteiger partial charge in [0, 0.05) is 12.5 Å². The molecule has 0 aliphatic heterocycles. The van der Waals surface area contributed by atoms with E-state index >= 15 is 0 Å². The summed E-state index contributed by atoms with van der Waals surface area (Å²) >= 11 is 0. The zero-order valence-electron chi connectivity index (χ0n) is 9.25. The van der Waals surface area contributed by atoms with Gasteiger partial charge in [-0.2, -0.15) is 0 Å². The monoisotopic (exact) mass is 185 g/mol. The fraction of sp³-hybridized carbons (Fsp3) is 0.909. The van der Waals surface area contributed by atoms with Crippen molar-refractivity contribution in [3.05, 3.63) is 0 Å². The van der Waals surface area contributed by atoms with Gasteiger partial charge in [-0.1, -0.05) is 33.6 Å². The lowest BCUT2D eigenvalue weighted by molar-refractivity contribution is -0.109. The molecule has 0 amide bonds. The number of hydrogen-bond donors (Lipinski definition) is 0. The Balaban J connectivity index is 3.95. The summed E-state index contributed by atoms with van der Waals surface area (Å²) in [5, 5.41) is 0. The quantitative estimate of drug-likeness (QED) is 0.541. The molecule has 2 nitrogen and oxygen atoms in total. The Morgan fingerprint density at radius 2 is 1.85 bits per heavy atom. The van der Waals surface area contributed by atoms with Crippen LogP contribution in [0.5, 0.6) is 0 Å². The maximum absolute atomic E-state index is 10.5. The predicted molar refractivity (Wildman–Crippen MR) is 56.9 cm³/mol. The van der Waals surface area contributed by atoms with Crippen LogP contribution in [-0.2, 0) is 4.79 Å². The molecule has 0 fully saturated rings. The average Bonchev–Trinajstić information content (AvgIpc) is 2.16. The molecule has 0 aromatic carbocycles. The van der Waals surface area contributed by atoms with E-state index in [2.05, 4.69) is 25.7 Å². The molecular formula is C11H23NO. The van der Waals surface area contributed by atoms with Gasteiger partial charge >= 0.3 is 0 Å². The van der Waals surface area contributed by atoms with Gasteiger partial charge < -0.3 is 9.69 Å². The first kappa shape index (κ1) is 12.6. The first-order valence-corrected chi connectivity index (χ1v) is 5.47. The second-order valence-corrected chi connectivity index (χ2v) is 3.42. The van der Waals surface area contributed by atoms with Gasteiger partial charge in [-0.25, -0.2) is 0 Å². The van der Waals surface area contributed by atoms with Crippen LogP contribution in [0.2, 0.25) is 0 Å². The molecule has 0 saturated carbocycles. The Labute approximate surface area is 82.3 Å². The molecule has 2 heteroatoms. The van der Waals surface area contributed by atoms with Crippen LogP contribution in [0.3, 0.4) is 0 Å². The van der Waals surface area contributed by atoms with Gasteiger partial charge in [0.05, 0.1) is 0 Å². The van der Waals surface area contributed by atoms with Crippen molar-refractivity contribution in [3.8, 4) is 0 Å². The summed E-state index contributed by atoms with van der Waals surface area (Å²) in [6.07, 6.45) is 5.36. The zero-order chi connectivity index (χ0) is 10.1. The summed E-state index contributed by atoms with van der Waals surface area (Å²) < 4.78 is 0. The van der Waals surface area contributed by atoms with E-state index in [0.29, 0.717) is 12.5 Å². The summed E-state index contributed by atoms with van der Waals surface area (Å²) in [4.78, 5) is 12.9. The Hall–Kier alpha value is -0.370. The number of nitrogens with zero attached hydrogens (tertiary/aromatic N) is 1. The van der Waals surface area contributed by atoms with Crippen LogP contribution in [-0.4, -0.2) is 30.3 Å². The van der Waals surface area contributed by atoms with Crippen molar-refractivity contribution in [1.29, 1.82) is 0 Å². The number of aldehydes is 1. The highest BCUT2D eigenvalue weighted by molar-refractivity contribution is 5.50. The van der Waals surface area contributed by atoms with Crippen molar-refractivity contribution in [1.82, 2.24) is 4.90 Å². The number of hydrogen-bond acceptors (Lipinski definition) is 2. The van der Waals surface area contributed by atoms with E-state index in [0.717, 1.165) is 25.8 Å². The molecule has 0 bridgehead atoms. The standard InChI is InChI=1S/C11H23NO/c1-4-7-8-11(9-10-13)12(5-2)6-3/h10-11H,4-9H2,1-3H3. The van der Waals surface area contributed by atoms with Gasteiger partial charge in [0.1, 0.15) is 6.29 Å².